The second-order valence-corrected chi connectivity index (χ2v) is 5.58. The van der Waals surface area contributed by atoms with E-state index in [9.17, 15) is 19.8 Å². The molecule has 0 radical (unpaired) electrons. The van der Waals surface area contributed by atoms with Crippen molar-refractivity contribution in [1.82, 2.24) is 4.90 Å². The minimum absolute atomic E-state index is 0.0870. The molecule has 1 atom stereocenters. The topological polar surface area (TPSA) is 77.8 Å². The highest BCUT2D eigenvalue weighted by atomic mass is 16.4. The highest BCUT2D eigenvalue weighted by Gasteiger charge is 2.37. The molecule has 0 bridgehead atoms. The molecule has 1 aliphatic rings. The molecule has 0 spiro atoms. The van der Waals surface area contributed by atoms with Gasteiger partial charge in [-0.2, -0.15) is 0 Å². The standard InChI is InChI=1S/C16H21NO4/c18-15(19)14(13-9-5-2-6-10-13)17(16(20)21)11-12-7-3-1-4-8-12/h1,3-4,7-8,13-14H,2,5-6,9-11H2,(H,18,19)(H,20,21). The molecule has 1 fully saturated rings. The van der Waals surface area contributed by atoms with Crippen molar-refractivity contribution in [1.29, 1.82) is 0 Å². The molecule has 114 valence electrons. The molecule has 0 aromatic heterocycles. The Balaban J connectivity index is 2.20. The van der Waals surface area contributed by atoms with Crippen molar-refractivity contribution in [2.45, 2.75) is 44.7 Å². The normalized spacial score (nSPS) is 17.1. The summed E-state index contributed by atoms with van der Waals surface area (Å²) in [5.41, 5.74) is 0.807. The van der Waals surface area contributed by atoms with Gasteiger partial charge in [-0.1, -0.05) is 49.6 Å². The first-order chi connectivity index (χ1) is 10.1. The first-order valence-corrected chi connectivity index (χ1v) is 7.36. The van der Waals surface area contributed by atoms with Crippen molar-refractivity contribution in [3.63, 3.8) is 0 Å². The molecule has 2 N–H and O–H groups in total. The van der Waals surface area contributed by atoms with E-state index in [1.54, 1.807) is 0 Å². The zero-order chi connectivity index (χ0) is 15.2. The number of nitrogens with zero attached hydrogens (tertiary/aromatic N) is 1. The minimum atomic E-state index is -1.17. The van der Waals surface area contributed by atoms with Crippen LogP contribution in [-0.2, 0) is 11.3 Å². The summed E-state index contributed by atoms with van der Waals surface area (Å²) in [6.45, 7) is 0.115. The van der Waals surface area contributed by atoms with E-state index in [1.165, 1.54) is 0 Å². The summed E-state index contributed by atoms with van der Waals surface area (Å²) in [7, 11) is 0. The van der Waals surface area contributed by atoms with Gasteiger partial charge in [0, 0.05) is 6.54 Å². The highest BCUT2D eigenvalue weighted by molar-refractivity contribution is 5.79. The smallest absolute Gasteiger partial charge is 0.408 e. The highest BCUT2D eigenvalue weighted by Crippen LogP contribution is 2.30. The van der Waals surface area contributed by atoms with Crippen LogP contribution in [0.4, 0.5) is 4.79 Å². The number of aliphatic carboxylic acids is 1. The number of hydrogen-bond acceptors (Lipinski definition) is 2. The van der Waals surface area contributed by atoms with Crippen molar-refractivity contribution in [2.75, 3.05) is 0 Å². The number of hydrogen-bond donors (Lipinski definition) is 2. The fraction of sp³-hybridized carbons (Fsp3) is 0.500. The first-order valence-electron chi connectivity index (χ1n) is 7.36. The van der Waals surface area contributed by atoms with Gasteiger partial charge in [0.2, 0.25) is 0 Å². The summed E-state index contributed by atoms with van der Waals surface area (Å²) >= 11 is 0. The molecular formula is C16H21NO4. The third-order valence-electron chi connectivity index (χ3n) is 4.13. The quantitative estimate of drug-likeness (QED) is 0.873. The lowest BCUT2D eigenvalue weighted by Crippen LogP contribution is -2.48. The van der Waals surface area contributed by atoms with Gasteiger partial charge in [-0.3, -0.25) is 4.90 Å². The average molecular weight is 291 g/mol. The lowest BCUT2D eigenvalue weighted by atomic mass is 9.83. The second-order valence-electron chi connectivity index (χ2n) is 5.58. The Morgan fingerprint density at radius 1 is 1.10 bits per heavy atom. The van der Waals surface area contributed by atoms with Crippen molar-refractivity contribution in [3.8, 4) is 0 Å². The Bertz CT molecular complexity index is 482. The fourth-order valence-electron chi connectivity index (χ4n) is 3.10. The Morgan fingerprint density at radius 2 is 1.71 bits per heavy atom. The van der Waals surface area contributed by atoms with E-state index >= 15 is 0 Å². The maximum Gasteiger partial charge on any atom is 0.408 e. The molecule has 2 rings (SSSR count). The largest absolute Gasteiger partial charge is 0.480 e. The average Bonchev–Trinajstić information content (AvgIpc) is 2.48. The van der Waals surface area contributed by atoms with Crippen LogP contribution in [0.2, 0.25) is 0 Å². The third kappa shape index (κ3) is 3.97. The van der Waals surface area contributed by atoms with E-state index < -0.39 is 18.1 Å². The molecule has 1 amide bonds. The predicted molar refractivity (Wildman–Crippen MR) is 78.0 cm³/mol. The van der Waals surface area contributed by atoms with E-state index in [0.717, 1.165) is 42.6 Å². The second kappa shape index (κ2) is 7.11. The van der Waals surface area contributed by atoms with Gasteiger partial charge < -0.3 is 10.2 Å². The van der Waals surface area contributed by atoms with Gasteiger partial charge >= 0.3 is 12.1 Å². The van der Waals surface area contributed by atoms with Crippen LogP contribution < -0.4 is 0 Å². The molecule has 21 heavy (non-hydrogen) atoms. The molecule has 1 saturated carbocycles. The van der Waals surface area contributed by atoms with Crippen molar-refractivity contribution in [2.24, 2.45) is 5.92 Å². The summed E-state index contributed by atoms with van der Waals surface area (Å²) in [5, 5.41) is 19.0. The van der Waals surface area contributed by atoms with Crippen LogP contribution in [0, 0.1) is 5.92 Å². The third-order valence-corrected chi connectivity index (χ3v) is 4.13. The zero-order valence-corrected chi connectivity index (χ0v) is 11.9. The molecule has 1 unspecified atom stereocenters. The van der Waals surface area contributed by atoms with Gasteiger partial charge in [0.15, 0.2) is 0 Å². The van der Waals surface area contributed by atoms with Gasteiger partial charge in [-0.05, 0) is 24.3 Å². The number of rotatable bonds is 5. The Kier molecular flexibility index (Phi) is 5.20. The van der Waals surface area contributed by atoms with E-state index in [1.807, 2.05) is 30.3 Å². The van der Waals surface area contributed by atoms with Gasteiger partial charge in [-0.25, -0.2) is 9.59 Å². The summed E-state index contributed by atoms with van der Waals surface area (Å²) in [4.78, 5) is 24.3. The molecule has 5 heteroatoms. The van der Waals surface area contributed by atoms with Crippen LogP contribution in [-0.4, -0.2) is 33.2 Å². The Hall–Kier alpha value is -2.04. The van der Waals surface area contributed by atoms with E-state index in [2.05, 4.69) is 0 Å². The SMILES string of the molecule is O=C(O)C(C1CCCCC1)N(Cc1ccccc1)C(=O)O. The minimum Gasteiger partial charge on any atom is -0.480 e. The molecule has 1 aromatic rings. The fourth-order valence-corrected chi connectivity index (χ4v) is 3.10. The van der Waals surface area contributed by atoms with Gasteiger partial charge in [-0.15, -0.1) is 0 Å². The number of carboxylic acids is 1. The van der Waals surface area contributed by atoms with Gasteiger partial charge in [0.1, 0.15) is 6.04 Å². The molecule has 0 heterocycles. The van der Waals surface area contributed by atoms with E-state index in [4.69, 9.17) is 0 Å². The first kappa shape index (κ1) is 15.4. The molecule has 0 saturated heterocycles. The summed E-state index contributed by atoms with van der Waals surface area (Å²) in [6.07, 6.45) is 3.47. The number of amides is 1. The van der Waals surface area contributed by atoms with E-state index in [0.29, 0.717) is 0 Å². The number of carbonyl (C=O) groups is 2. The van der Waals surface area contributed by atoms with Crippen LogP contribution in [0.25, 0.3) is 0 Å². The van der Waals surface area contributed by atoms with E-state index in [-0.39, 0.29) is 12.5 Å². The van der Waals surface area contributed by atoms with Crippen LogP contribution in [0.3, 0.4) is 0 Å². The van der Waals surface area contributed by atoms with Crippen LogP contribution in [0.5, 0.6) is 0 Å². The predicted octanol–water partition coefficient (Wildman–Crippen LogP) is 3.20. The van der Waals surface area contributed by atoms with Gasteiger partial charge in [0.25, 0.3) is 0 Å². The van der Waals surface area contributed by atoms with Crippen molar-refractivity contribution >= 4 is 12.1 Å². The molecular weight excluding hydrogens is 270 g/mol. The lowest BCUT2D eigenvalue weighted by Gasteiger charge is -2.34. The molecule has 0 aliphatic heterocycles. The molecule has 1 aromatic carbocycles. The van der Waals surface area contributed by atoms with Crippen LogP contribution in [0.1, 0.15) is 37.7 Å². The Labute approximate surface area is 124 Å². The maximum absolute atomic E-state index is 11.6. The maximum atomic E-state index is 11.6. The summed E-state index contributed by atoms with van der Waals surface area (Å²) < 4.78 is 0. The molecule has 5 nitrogen and oxygen atoms in total. The molecule has 1 aliphatic carbocycles. The van der Waals surface area contributed by atoms with Crippen molar-refractivity contribution < 1.29 is 19.8 Å². The van der Waals surface area contributed by atoms with Crippen molar-refractivity contribution in [3.05, 3.63) is 35.9 Å². The number of carboxylic acid groups (broad SMARTS) is 2. The lowest BCUT2D eigenvalue weighted by molar-refractivity contribution is -0.145. The van der Waals surface area contributed by atoms with Gasteiger partial charge in [0.05, 0.1) is 0 Å². The number of benzene rings is 1. The summed E-state index contributed by atoms with van der Waals surface area (Å²) in [6, 6.07) is 8.18. The Morgan fingerprint density at radius 3 is 2.24 bits per heavy atom. The van der Waals surface area contributed by atoms with Crippen LogP contribution >= 0.6 is 0 Å². The van der Waals surface area contributed by atoms with Crippen LogP contribution in [0.15, 0.2) is 30.3 Å². The summed E-state index contributed by atoms with van der Waals surface area (Å²) in [5.74, 6) is -1.13. The zero-order valence-electron chi connectivity index (χ0n) is 11.9. The monoisotopic (exact) mass is 291 g/mol.